The molecule has 3 nitrogen and oxygen atoms in total. The van der Waals surface area contributed by atoms with Gasteiger partial charge in [-0.1, -0.05) is 0 Å². The van der Waals surface area contributed by atoms with Crippen LogP contribution in [0.15, 0.2) is 0 Å². The van der Waals surface area contributed by atoms with Crippen molar-refractivity contribution in [1.82, 2.24) is 0 Å². The highest BCUT2D eigenvalue weighted by Gasteiger charge is 2.42. The highest BCUT2D eigenvalue weighted by atomic mass is 32.2. The molecule has 0 aromatic carbocycles. The lowest BCUT2D eigenvalue weighted by Gasteiger charge is -2.33. The standard InChI is InChI=1S/C5H9NO2S/c1-8-4(7)5(6)2-9-3-5/h2-3,6H2,1H3. The Balaban J connectivity index is 2.49. The lowest BCUT2D eigenvalue weighted by Crippen LogP contribution is -2.59. The number of methoxy groups -OCH3 is 1. The highest BCUT2D eigenvalue weighted by Crippen LogP contribution is 2.27. The van der Waals surface area contributed by atoms with Crippen molar-refractivity contribution >= 4 is 17.7 Å². The van der Waals surface area contributed by atoms with E-state index in [1.165, 1.54) is 7.11 Å². The number of thioether (sulfide) groups is 1. The van der Waals surface area contributed by atoms with E-state index in [0.29, 0.717) is 11.5 Å². The molecule has 1 aliphatic heterocycles. The van der Waals surface area contributed by atoms with Crippen LogP contribution in [-0.2, 0) is 9.53 Å². The lowest BCUT2D eigenvalue weighted by molar-refractivity contribution is -0.145. The Morgan fingerprint density at radius 3 is 2.44 bits per heavy atom. The van der Waals surface area contributed by atoms with Gasteiger partial charge >= 0.3 is 5.97 Å². The predicted octanol–water partition coefficient (Wildman–Crippen LogP) is -0.396. The van der Waals surface area contributed by atoms with Gasteiger partial charge in [0.1, 0.15) is 5.54 Å². The number of carbonyl (C=O) groups excluding carboxylic acids is 1. The first-order chi connectivity index (χ1) is 4.19. The van der Waals surface area contributed by atoms with Gasteiger partial charge in [-0.3, -0.25) is 4.79 Å². The average molecular weight is 147 g/mol. The first-order valence-corrected chi connectivity index (χ1v) is 3.79. The highest BCUT2D eigenvalue weighted by molar-refractivity contribution is 8.01. The largest absolute Gasteiger partial charge is 0.468 e. The molecule has 4 heteroatoms. The summed E-state index contributed by atoms with van der Waals surface area (Å²) in [5.41, 5.74) is 4.89. The third-order valence-corrected chi connectivity index (χ3v) is 2.75. The van der Waals surface area contributed by atoms with Crippen molar-refractivity contribution < 1.29 is 9.53 Å². The Kier molecular flexibility index (Phi) is 1.68. The summed E-state index contributed by atoms with van der Waals surface area (Å²) in [7, 11) is 1.36. The molecule has 2 N–H and O–H groups in total. The van der Waals surface area contributed by atoms with Crippen molar-refractivity contribution in [2.45, 2.75) is 5.54 Å². The Labute approximate surface area is 57.9 Å². The predicted molar refractivity (Wildman–Crippen MR) is 36.3 cm³/mol. The summed E-state index contributed by atoms with van der Waals surface area (Å²) in [6.07, 6.45) is 0. The maximum atomic E-state index is 10.8. The minimum Gasteiger partial charge on any atom is -0.468 e. The normalized spacial score (nSPS) is 22.4. The van der Waals surface area contributed by atoms with Gasteiger partial charge in [-0.25, -0.2) is 0 Å². The number of hydrogen-bond acceptors (Lipinski definition) is 4. The van der Waals surface area contributed by atoms with Gasteiger partial charge in [-0.2, -0.15) is 11.8 Å². The molecule has 1 aliphatic rings. The van der Waals surface area contributed by atoms with Gasteiger partial charge in [0.05, 0.1) is 7.11 Å². The smallest absolute Gasteiger partial charge is 0.327 e. The van der Waals surface area contributed by atoms with Gasteiger partial charge in [0.2, 0.25) is 0 Å². The molecule has 0 aliphatic carbocycles. The Morgan fingerprint density at radius 2 is 2.33 bits per heavy atom. The summed E-state index contributed by atoms with van der Waals surface area (Å²) in [6.45, 7) is 0. The van der Waals surface area contributed by atoms with Crippen LogP contribution in [0.1, 0.15) is 0 Å². The third-order valence-electron chi connectivity index (χ3n) is 1.31. The summed E-state index contributed by atoms with van der Waals surface area (Å²) in [5.74, 6) is 1.10. The third kappa shape index (κ3) is 1.04. The van der Waals surface area contributed by atoms with Gasteiger partial charge < -0.3 is 10.5 Å². The molecule has 1 saturated heterocycles. The summed E-state index contributed by atoms with van der Waals surface area (Å²) in [5, 5.41) is 0. The van der Waals surface area contributed by atoms with Gasteiger partial charge in [0, 0.05) is 11.5 Å². The van der Waals surface area contributed by atoms with E-state index in [1.54, 1.807) is 11.8 Å². The minimum atomic E-state index is -0.667. The van der Waals surface area contributed by atoms with Crippen LogP contribution in [0.4, 0.5) is 0 Å². The van der Waals surface area contributed by atoms with Crippen LogP contribution in [-0.4, -0.2) is 30.1 Å². The maximum Gasteiger partial charge on any atom is 0.327 e. The fourth-order valence-electron chi connectivity index (χ4n) is 0.643. The Hall–Kier alpha value is -0.220. The molecule has 1 fully saturated rings. The maximum absolute atomic E-state index is 10.8. The molecule has 0 aromatic rings. The molecule has 0 bridgehead atoms. The monoisotopic (exact) mass is 147 g/mol. The van der Waals surface area contributed by atoms with Crippen molar-refractivity contribution in [2.24, 2.45) is 5.73 Å². The van der Waals surface area contributed by atoms with Gasteiger partial charge in [-0.05, 0) is 0 Å². The second kappa shape index (κ2) is 2.19. The van der Waals surface area contributed by atoms with Gasteiger partial charge in [0.15, 0.2) is 0 Å². The van der Waals surface area contributed by atoms with E-state index in [2.05, 4.69) is 4.74 Å². The van der Waals surface area contributed by atoms with Crippen molar-refractivity contribution in [2.75, 3.05) is 18.6 Å². The molecule has 1 rings (SSSR count). The van der Waals surface area contributed by atoms with Crippen molar-refractivity contribution in [3.63, 3.8) is 0 Å². The quantitative estimate of drug-likeness (QED) is 0.513. The summed E-state index contributed by atoms with van der Waals surface area (Å²) < 4.78 is 4.48. The van der Waals surface area contributed by atoms with E-state index in [9.17, 15) is 4.79 Å². The zero-order valence-electron chi connectivity index (χ0n) is 5.22. The Bertz CT molecular complexity index is 133. The second-order valence-electron chi connectivity index (χ2n) is 2.14. The molecule has 0 amide bonds. The van der Waals surface area contributed by atoms with Crippen molar-refractivity contribution in [3.8, 4) is 0 Å². The van der Waals surface area contributed by atoms with E-state index in [4.69, 9.17) is 5.73 Å². The topological polar surface area (TPSA) is 52.3 Å². The summed E-state index contributed by atoms with van der Waals surface area (Å²) in [6, 6.07) is 0. The zero-order valence-corrected chi connectivity index (χ0v) is 6.03. The summed E-state index contributed by atoms with van der Waals surface area (Å²) >= 11 is 1.66. The van der Waals surface area contributed by atoms with E-state index in [0.717, 1.165) is 0 Å². The number of nitrogens with two attached hydrogens (primary N) is 1. The van der Waals surface area contributed by atoms with Gasteiger partial charge in [0.25, 0.3) is 0 Å². The van der Waals surface area contributed by atoms with Crippen molar-refractivity contribution in [3.05, 3.63) is 0 Å². The number of hydrogen-bond donors (Lipinski definition) is 1. The van der Waals surface area contributed by atoms with E-state index in [-0.39, 0.29) is 5.97 Å². The number of ether oxygens (including phenoxy) is 1. The molecule has 1 heterocycles. The molecule has 0 atom stereocenters. The van der Waals surface area contributed by atoms with Crippen LogP contribution in [0, 0.1) is 0 Å². The lowest BCUT2D eigenvalue weighted by atomic mass is 10.1. The van der Waals surface area contributed by atoms with Crippen LogP contribution in [0.5, 0.6) is 0 Å². The number of esters is 1. The molecule has 0 radical (unpaired) electrons. The van der Waals surface area contributed by atoms with E-state index < -0.39 is 5.54 Å². The van der Waals surface area contributed by atoms with Crippen LogP contribution < -0.4 is 5.73 Å². The summed E-state index contributed by atoms with van der Waals surface area (Å²) in [4.78, 5) is 10.8. The molecular weight excluding hydrogens is 138 g/mol. The first kappa shape index (κ1) is 6.89. The average Bonchev–Trinajstić information content (AvgIpc) is 1.81. The fourth-order valence-corrected chi connectivity index (χ4v) is 1.52. The number of rotatable bonds is 1. The van der Waals surface area contributed by atoms with E-state index >= 15 is 0 Å². The molecular formula is C5H9NO2S. The molecule has 0 saturated carbocycles. The molecule has 9 heavy (non-hydrogen) atoms. The van der Waals surface area contributed by atoms with Crippen LogP contribution in [0.3, 0.4) is 0 Å². The molecule has 0 unspecified atom stereocenters. The van der Waals surface area contributed by atoms with Crippen LogP contribution >= 0.6 is 11.8 Å². The SMILES string of the molecule is COC(=O)C1(N)CSC1. The molecule has 52 valence electrons. The van der Waals surface area contributed by atoms with Crippen LogP contribution in [0.2, 0.25) is 0 Å². The molecule has 0 spiro atoms. The van der Waals surface area contributed by atoms with E-state index in [1.807, 2.05) is 0 Å². The van der Waals surface area contributed by atoms with Crippen molar-refractivity contribution in [1.29, 1.82) is 0 Å². The Morgan fingerprint density at radius 1 is 1.78 bits per heavy atom. The second-order valence-corrected chi connectivity index (χ2v) is 3.13. The van der Waals surface area contributed by atoms with Crippen LogP contribution in [0.25, 0.3) is 0 Å². The zero-order chi connectivity index (χ0) is 6.91. The molecule has 0 aromatic heterocycles. The van der Waals surface area contributed by atoms with Gasteiger partial charge in [-0.15, -0.1) is 0 Å². The first-order valence-electron chi connectivity index (χ1n) is 2.64. The number of carbonyl (C=O) groups is 1. The minimum absolute atomic E-state index is 0.291. The fraction of sp³-hybridized carbons (Fsp3) is 0.800.